The Hall–Kier alpha value is -2.94. The topological polar surface area (TPSA) is 72.8 Å². The molecule has 1 aromatic heterocycles. The van der Waals surface area contributed by atoms with E-state index in [1.807, 2.05) is 20.8 Å². The molecule has 1 aromatic carbocycles. The number of aryl methyl sites for hydroxylation is 1. The Balaban J connectivity index is 2.07. The van der Waals surface area contributed by atoms with E-state index in [2.05, 4.69) is 16.3 Å². The fourth-order valence-corrected chi connectivity index (χ4v) is 3.20. The first kappa shape index (κ1) is 15.9. The van der Waals surface area contributed by atoms with Crippen LogP contribution in [0.15, 0.2) is 30.5 Å². The van der Waals surface area contributed by atoms with Gasteiger partial charge in [0, 0.05) is 29.3 Å². The van der Waals surface area contributed by atoms with E-state index >= 15 is 0 Å². The van der Waals surface area contributed by atoms with Gasteiger partial charge in [-0.1, -0.05) is 13.8 Å². The third-order valence-corrected chi connectivity index (χ3v) is 4.22. The lowest BCUT2D eigenvalue weighted by atomic mass is 9.82. The van der Waals surface area contributed by atoms with Crippen molar-refractivity contribution < 1.29 is 9.18 Å². The van der Waals surface area contributed by atoms with E-state index in [4.69, 9.17) is 0 Å². The molecule has 0 radical (unpaired) electrons. The maximum Gasteiger partial charge on any atom is 0.257 e. The fourth-order valence-electron chi connectivity index (χ4n) is 3.20. The number of halogens is 1. The number of hydrogen-bond donors (Lipinski definition) is 1. The lowest BCUT2D eigenvalue weighted by Gasteiger charge is -2.29. The van der Waals surface area contributed by atoms with Crippen LogP contribution >= 0.6 is 0 Å². The number of nitriles is 1. The van der Waals surface area contributed by atoms with E-state index in [1.165, 1.54) is 35.4 Å². The molecule has 0 aliphatic carbocycles. The molecule has 1 amide bonds. The summed E-state index contributed by atoms with van der Waals surface area (Å²) in [5, 5.41) is 16.6. The van der Waals surface area contributed by atoms with Crippen molar-refractivity contribution in [1.82, 2.24) is 15.1 Å². The molecular weight excluding hydrogens is 307 g/mol. The quantitative estimate of drug-likeness (QED) is 0.876. The molecule has 1 aliphatic heterocycles. The average molecular weight is 324 g/mol. The van der Waals surface area contributed by atoms with E-state index in [1.54, 1.807) is 0 Å². The number of carbonyl (C=O) groups excluding carboxylic acids is 1. The first-order valence-electron chi connectivity index (χ1n) is 7.58. The molecule has 2 heterocycles. The number of aromatic nitrogens is 2. The van der Waals surface area contributed by atoms with Gasteiger partial charge in [-0.15, -0.1) is 0 Å². The van der Waals surface area contributed by atoms with Gasteiger partial charge in [0.25, 0.3) is 5.91 Å². The Morgan fingerprint density at radius 2 is 2.04 bits per heavy atom. The predicted molar refractivity (Wildman–Crippen MR) is 87.4 cm³/mol. The number of hydrogen-bond acceptors (Lipinski definition) is 3. The molecule has 0 saturated carbocycles. The Bertz CT molecular complexity index is 871. The minimum absolute atomic E-state index is 0.272. The highest BCUT2D eigenvalue weighted by Gasteiger charge is 2.35. The molecule has 0 spiro atoms. The van der Waals surface area contributed by atoms with Crippen LogP contribution < -0.4 is 0 Å². The zero-order chi connectivity index (χ0) is 17.5. The zero-order valence-corrected chi connectivity index (χ0v) is 13.7. The minimum atomic E-state index is -0.396. The van der Waals surface area contributed by atoms with Crippen molar-refractivity contribution in [2.45, 2.75) is 26.2 Å². The molecule has 2 aromatic rings. The molecule has 5 nitrogen and oxygen atoms in total. The summed E-state index contributed by atoms with van der Waals surface area (Å²) < 4.78 is 13.1. The van der Waals surface area contributed by atoms with Crippen LogP contribution in [0, 0.1) is 24.1 Å². The van der Waals surface area contributed by atoms with E-state index in [-0.39, 0.29) is 5.91 Å². The molecule has 1 aliphatic rings. The maximum absolute atomic E-state index is 13.1. The maximum atomic E-state index is 13.1. The number of benzene rings is 1. The van der Waals surface area contributed by atoms with Crippen LogP contribution in [-0.2, 0) is 5.41 Å². The Morgan fingerprint density at radius 3 is 2.67 bits per heavy atom. The molecule has 1 N–H and O–H groups in total. The third-order valence-electron chi connectivity index (χ3n) is 4.22. The second-order valence-electron chi connectivity index (χ2n) is 6.54. The highest BCUT2D eigenvalue weighted by Crippen LogP contribution is 2.36. The largest absolute Gasteiger partial charge is 0.313 e. The standard InChI is InChI=1S/C18H17FN4O/c1-11-15-16(22-21-11)13(8-20)9-23(10-18(15,2)3)17(24)12-4-6-14(19)7-5-12/h4-7,9H,10H2,1-3H3,(H,21,22). The van der Waals surface area contributed by atoms with Gasteiger partial charge in [0.2, 0.25) is 0 Å². The summed E-state index contributed by atoms with van der Waals surface area (Å²) in [5.74, 6) is -0.667. The molecular formula is C18H17FN4O. The first-order chi connectivity index (χ1) is 11.3. The SMILES string of the molecule is Cc1n[nH]c2c1C(C)(C)CN(C(=O)c1ccc(F)cc1)C=C2C#N. The zero-order valence-electron chi connectivity index (χ0n) is 13.7. The van der Waals surface area contributed by atoms with Crippen molar-refractivity contribution in [3.63, 3.8) is 0 Å². The number of amides is 1. The summed E-state index contributed by atoms with van der Waals surface area (Å²) in [6.07, 6.45) is 1.54. The van der Waals surface area contributed by atoms with Crippen LogP contribution in [0.2, 0.25) is 0 Å². The van der Waals surface area contributed by atoms with Crippen LogP contribution in [0.25, 0.3) is 5.57 Å². The number of carbonyl (C=O) groups is 1. The van der Waals surface area contributed by atoms with Crippen molar-refractivity contribution in [2.75, 3.05) is 6.54 Å². The second-order valence-corrected chi connectivity index (χ2v) is 6.54. The van der Waals surface area contributed by atoms with Gasteiger partial charge in [-0.3, -0.25) is 9.89 Å². The van der Waals surface area contributed by atoms with Gasteiger partial charge in [0.05, 0.1) is 17.0 Å². The molecule has 0 atom stereocenters. The molecule has 122 valence electrons. The molecule has 0 bridgehead atoms. The third kappa shape index (κ3) is 2.58. The van der Waals surface area contributed by atoms with Crippen LogP contribution in [0.5, 0.6) is 0 Å². The molecule has 3 rings (SSSR count). The number of H-pyrrole nitrogens is 1. The predicted octanol–water partition coefficient (Wildman–Crippen LogP) is 3.16. The Labute approximate surface area is 139 Å². The van der Waals surface area contributed by atoms with Gasteiger partial charge >= 0.3 is 0 Å². The minimum Gasteiger partial charge on any atom is -0.313 e. The first-order valence-corrected chi connectivity index (χ1v) is 7.58. The number of aromatic amines is 1. The normalized spacial score (nSPS) is 16.0. The number of nitrogens with one attached hydrogen (secondary N) is 1. The Kier molecular flexibility index (Phi) is 3.72. The van der Waals surface area contributed by atoms with Crippen molar-refractivity contribution in [3.05, 3.63) is 58.8 Å². The van der Waals surface area contributed by atoms with E-state index < -0.39 is 11.2 Å². The second kappa shape index (κ2) is 5.60. The summed E-state index contributed by atoms with van der Waals surface area (Å²) in [6, 6.07) is 7.53. The number of nitrogens with zero attached hydrogens (tertiary/aromatic N) is 3. The van der Waals surface area contributed by atoms with Gasteiger partial charge in [-0.05, 0) is 31.2 Å². The van der Waals surface area contributed by atoms with Gasteiger partial charge in [0.1, 0.15) is 11.9 Å². The van der Waals surface area contributed by atoms with Crippen LogP contribution in [0.1, 0.15) is 41.2 Å². The highest BCUT2D eigenvalue weighted by atomic mass is 19.1. The molecule has 0 fully saturated rings. The number of fused-ring (bicyclic) bond motifs is 1. The summed E-state index contributed by atoms with van der Waals surface area (Å²) in [4.78, 5) is 14.3. The molecule has 0 unspecified atom stereocenters. The highest BCUT2D eigenvalue weighted by molar-refractivity contribution is 5.96. The smallest absolute Gasteiger partial charge is 0.257 e. The van der Waals surface area contributed by atoms with Crippen molar-refractivity contribution >= 4 is 11.5 Å². The summed E-state index contributed by atoms with van der Waals surface area (Å²) >= 11 is 0. The van der Waals surface area contributed by atoms with Gasteiger partial charge < -0.3 is 4.90 Å². The van der Waals surface area contributed by atoms with Crippen molar-refractivity contribution in [3.8, 4) is 6.07 Å². The van der Waals surface area contributed by atoms with E-state index in [0.717, 1.165) is 11.3 Å². The van der Waals surface area contributed by atoms with E-state index in [9.17, 15) is 14.4 Å². The van der Waals surface area contributed by atoms with Crippen molar-refractivity contribution in [2.24, 2.45) is 0 Å². The summed E-state index contributed by atoms with van der Waals surface area (Å²) in [6.45, 7) is 6.28. The van der Waals surface area contributed by atoms with Crippen LogP contribution in [0.4, 0.5) is 4.39 Å². The van der Waals surface area contributed by atoms with Crippen molar-refractivity contribution in [1.29, 1.82) is 5.26 Å². The molecule has 6 heteroatoms. The van der Waals surface area contributed by atoms with E-state index in [0.29, 0.717) is 23.4 Å². The van der Waals surface area contributed by atoms with Gasteiger partial charge in [-0.25, -0.2) is 4.39 Å². The van der Waals surface area contributed by atoms with Crippen LogP contribution in [0.3, 0.4) is 0 Å². The van der Waals surface area contributed by atoms with Gasteiger partial charge in [-0.2, -0.15) is 10.4 Å². The monoisotopic (exact) mass is 324 g/mol. The number of rotatable bonds is 1. The lowest BCUT2D eigenvalue weighted by molar-refractivity contribution is 0.0800. The summed E-state index contributed by atoms with van der Waals surface area (Å²) in [7, 11) is 0. The average Bonchev–Trinajstić information content (AvgIpc) is 2.88. The summed E-state index contributed by atoms with van der Waals surface area (Å²) in [5.41, 5.74) is 2.73. The fraction of sp³-hybridized carbons (Fsp3) is 0.278. The molecule has 24 heavy (non-hydrogen) atoms. The van der Waals surface area contributed by atoms with Crippen LogP contribution in [-0.4, -0.2) is 27.5 Å². The number of allylic oxidation sites excluding steroid dienone is 1. The lowest BCUT2D eigenvalue weighted by Crippen LogP contribution is -2.37. The van der Waals surface area contributed by atoms with Gasteiger partial charge in [0.15, 0.2) is 0 Å². The Morgan fingerprint density at radius 1 is 1.38 bits per heavy atom. The molecule has 0 saturated heterocycles.